The van der Waals surface area contributed by atoms with Gasteiger partial charge in [-0.3, -0.25) is 0 Å². The van der Waals surface area contributed by atoms with Gasteiger partial charge in [0.15, 0.2) is 0 Å². The zero-order chi connectivity index (χ0) is 28.6. The molecule has 0 spiro atoms. The maximum Gasteiger partial charge on any atom is 0.218 e. The molecule has 29 heavy (non-hydrogen) atoms. The fourth-order valence-electron chi connectivity index (χ4n) is 3.75. The standard InChI is InChI=1S/C22H30N2O4S/c1-23(2)15-20-16-24(29(26,27)17-18-8-5-4-6-9-18)13-12-22(20,25)19-10-7-11-21(14-19)28-3/h4-11,14,20,25H,12-13,15-17H2,1-3H3/i1D3,2D3,3D3. The van der Waals surface area contributed by atoms with E-state index in [9.17, 15) is 13.5 Å². The first-order chi connectivity index (χ1) is 17.3. The molecule has 3 rings (SSSR count). The molecule has 0 aliphatic carbocycles. The normalized spacial score (nSPS) is 29.2. The molecule has 0 radical (unpaired) electrons. The van der Waals surface area contributed by atoms with Crippen LogP contribution in [0.25, 0.3) is 0 Å². The quantitative estimate of drug-likeness (QED) is 0.734. The first kappa shape index (κ1) is 12.7. The lowest BCUT2D eigenvalue weighted by Crippen LogP contribution is -2.54. The molecule has 1 heterocycles. The summed E-state index contributed by atoms with van der Waals surface area (Å²) in [6.45, 7) is -7.31. The molecule has 1 aliphatic rings. The number of sulfonamides is 1. The maximum absolute atomic E-state index is 13.3. The van der Waals surface area contributed by atoms with Gasteiger partial charge in [-0.2, -0.15) is 0 Å². The molecule has 0 saturated carbocycles. The average Bonchev–Trinajstić information content (AvgIpc) is 2.76. The Bertz CT molecular complexity index is 1190. The topological polar surface area (TPSA) is 70.1 Å². The Morgan fingerprint density at radius 1 is 1.24 bits per heavy atom. The smallest absolute Gasteiger partial charge is 0.218 e. The van der Waals surface area contributed by atoms with Crippen molar-refractivity contribution in [2.45, 2.75) is 17.8 Å². The van der Waals surface area contributed by atoms with Gasteiger partial charge in [-0.15, -0.1) is 0 Å². The second-order valence-electron chi connectivity index (χ2n) is 7.21. The van der Waals surface area contributed by atoms with Gasteiger partial charge in [0.2, 0.25) is 10.0 Å². The highest BCUT2D eigenvalue weighted by atomic mass is 32.2. The number of nitrogens with zero attached hydrogens (tertiary/aromatic N) is 2. The monoisotopic (exact) mass is 427 g/mol. The van der Waals surface area contributed by atoms with E-state index in [4.69, 9.17) is 17.1 Å². The molecule has 1 fully saturated rings. The summed E-state index contributed by atoms with van der Waals surface area (Å²) >= 11 is 0. The summed E-state index contributed by atoms with van der Waals surface area (Å²) in [6, 6.07) is 14.0. The molecule has 1 N–H and O–H groups in total. The van der Waals surface area contributed by atoms with E-state index < -0.39 is 49.1 Å². The van der Waals surface area contributed by atoms with E-state index in [0.717, 1.165) is 4.31 Å². The molecule has 0 amide bonds. The van der Waals surface area contributed by atoms with Gasteiger partial charge in [0.1, 0.15) is 5.75 Å². The fraction of sp³-hybridized carbons (Fsp3) is 0.455. The Balaban J connectivity index is 2.01. The summed E-state index contributed by atoms with van der Waals surface area (Å²) in [7, 11) is -6.69. The molecular weight excluding hydrogens is 388 g/mol. The first-order valence-corrected chi connectivity index (χ1v) is 10.7. The lowest BCUT2D eigenvalue weighted by Gasteiger charge is -2.45. The number of hydrogen-bond donors (Lipinski definition) is 1. The highest BCUT2D eigenvalue weighted by Gasteiger charge is 2.45. The van der Waals surface area contributed by atoms with E-state index in [1.165, 1.54) is 24.3 Å². The molecule has 6 nitrogen and oxygen atoms in total. The third-order valence-electron chi connectivity index (χ3n) is 5.28. The molecule has 2 aromatic rings. The molecule has 1 aliphatic heterocycles. The van der Waals surface area contributed by atoms with Gasteiger partial charge in [0.05, 0.1) is 22.5 Å². The molecule has 1 saturated heterocycles. The highest BCUT2D eigenvalue weighted by Crippen LogP contribution is 2.40. The third-order valence-corrected chi connectivity index (χ3v) is 7.10. The average molecular weight is 428 g/mol. The van der Waals surface area contributed by atoms with Crippen molar-refractivity contribution in [3.05, 3.63) is 65.7 Å². The van der Waals surface area contributed by atoms with Crippen LogP contribution >= 0.6 is 0 Å². The van der Waals surface area contributed by atoms with E-state index >= 15 is 0 Å². The minimum absolute atomic E-state index is 0.0858. The number of benzene rings is 2. The van der Waals surface area contributed by atoms with E-state index in [1.54, 1.807) is 30.3 Å². The lowest BCUT2D eigenvalue weighted by atomic mass is 9.76. The fourth-order valence-corrected chi connectivity index (χ4v) is 5.33. The molecule has 2 atom stereocenters. The SMILES string of the molecule is [2H]C([2H])([2H])Oc1cccc(C2(O)CCN(S(=O)(=O)Cc3ccccc3)CC2CN(C([2H])([2H])[2H])C([2H])([2H])[2H])c1. The van der Waals surface area contributed by atoms with Crippen molar-refractivity contribution in [1.29, 1.82) is 0 Å². The molecule has 2 unspecified atom stereocenters. The van der Waals surface area contributed by atoms with Crippen LogP contribution in [0.5, 0.6) is 5.75 Å². The first-order valence-electron chi connectivity index (χ1n) is 13.6. The van der Waals surface area contributed by atoms with Crippen LogP contribution < -0.4 is 4.74 Å². The van der Waals surface area contributed by atoms with Crippen LogP contribution in [-0.2, 0) is 21.4 Å². The molecule has 158 valence electrons. The Morgan fingerprint density at radius 3 is 2.76 bits per heavy atom. The van der Waals surface area contributed by atoms with Crippen LogP contribution in [0.2, 0.25) is 0 Å². The van der Waals surface area contributed by atoms with Gasteiger partial charge in [0, 0.05) is 33.8 Å². The highest BCUT2D eigenvalue weighted by molar-refractivity contribution is 7.88. The second kappa shape index (κ2) is 8.83. The van der Waals surface area contributed by atoms with Gasteiger partial charge >= 0.3 is 0 Å². The van der Waals surface area contributed by atoms with Crippen LogP contribution in [0, 0.1) is 5.92 Å². The van der Waals surface area contributed by atoms with Crippen molar-refractivity contribution in [2.75, 3.05) is 40.6 Å². The van der Waals surface area contributed by atoms with E-state index in [1.807, 2.05) is 0 Å². The largest absolute Gasteiger partial charge is 0.497 e. The molecule has 7 heteroatoms. The summed E-state index contributed by atoms with van der Waals surface area (Å²) in [5, 5.41) is 11.9. The Hall–Kier alpha value is -1.93. The van der Waals surface area contributed by atoms with Crippen molar-refractivity contribution < 1.29 is 30.6 Å². The number of ether oxygens (including phenoxy) is 1. The van der Waals surface area contributed by atoms with Crippen molar-refractivity contribution >= 4 is 10.0 Å². The van der Waals surface area contributed by atoms with Crippen LogP contribution in [0.1, 0.15) is 29.9 Å². The van der Waals surface area contributed by atoms with Crippen molar-refractivity contribution in [2.24, 2.45) is 5.92 Å². The third kappa shape index (κ3) is 4.98. The van der Waals surface area contributed by atoms with Gasteiger partial charge in [-0.1, -0.05) is 42.5 Å². The number of aliphatic hydroxyl groups is 1. The summed E-state index contributed by atoms with van der Waals surface area (Å²) < 4.78 is 101. The predicted octanol–water partition coefficient (Wildman–Crippen LogP) is 2.30. The second-order valence-corrected chi connectivity index (χ2v) is 9.18. The van der Waals surface area contributed by atoms with E-state index in [-0.39, 0.29) is 41.5 Å². The van der Waals surface area contributed by atoms with Crippen LogP contribution in [0.3, 0.4) is 0 Å². The van der Waals surface area contributed by atoms with E-state index in [0.29, 0.717) is 5.56 Å². The van der Waals surface area contributed by atoms with Gasteiger partial charge in [0.25, 0.3) is 0 Å². The Morgan fingerprint density at radius 2 is 2.03 bits per heavy atom. The van der Waals surface area contributed by atoms with Crippen LogP contribution in [0.15, 0.2) is 54.6 Å². The van der Waals surface area contributed by atoms with E-state index in [2.05, 4.69) is 0 Å². The minimum Gasteiger partial charge on any atom is -0.497 e. The van der Waals surface area contributed by atoms with Crippen LogP contribution in [0.4, 0.5) is 0 Å². The van der Waals surface area contributed by atoms with Crippen LogP contribution in [-0.4, -0.2) is 63.4 Å². The van der Waals surface area contributed by atoms with Gasteiger partial charge in [-0.25, -0.2) is 12.7 Å². The Kier molecular flexibility index (Phi) is 3.87. The number of rotatable bonds is 7. The predicted molar refractivity (Wildman–Crippen MR) is 114 cm³/mol. The molecular formula is C22H30N2O4S. The number of methoxy groups -OCH3 is 1. The summed E-state index contributed by atoms with van der Waals surface area (Å²) in [4.78, 5) is 0.283. The van der Waals surface area contributed by atoms with Gasteiger partial charge < -0.3 is 14.7 Å². The number of hydrogen-bond acceptors (Lipinski definition) is 5. The summed E-state index contributed by atoms with van der Waals surface area (Å²) in [5.41, 5.74) is -1.20. The molecule has 0 aromatic heterocycles. The maximum atomic E-state index is 13.3. The molecule has 2 aromatic carbocycles. The van der Waals surface area contributed by atoms with Crippen molar-refractivity contribution in [3.8, 4) is 5.75 Å². The summed E-state index contributed by atoms with van der Waals surface area (Å²) in [5.74, 6) is -1.62. The zero-order valence-corrected chi connectivity index (χ0v) is 16.6. The van der Waals surface area contributed by atoms with Gasteiger partial charge in [-0.05, 0) is 43.6 Å². The van der Waals surface area contributed by atoms with Crippen molar-refractivity contribution in [3.63, 3.8) is 0 Å². The van der Waals surface area contributed by atoms with Crippen molar-refractivity contribution in [1.82, 2.24) is 9.21 Å². The Labute approximate surface area is 186 Å². The molecule has 0 bridgehead atoms. The minimum atomic E-state index is -3.92. The lowest BCUT2D eigenvalue weighted by molar-refractivity contribution is -0.0698. The number of piperidine rings is 1. The zero-order valence-electron chi connectivity index (χ0n) is 24.8. The summed E-state index contributed by atoms with van der Waals surface area (Å²) in [6.07, 6.45) is -0.196.